The lowest BCUT2D eigenvalue weighted by Crippen LogP contribution is -2.32. The van der Waals surface area contributed by atoms with Crippen molar-refractivity contribution in [2.24, 2.45) is 0 Å². The van der Waals surface area contributed by atoms with Crippen molar-refractivity contribution >= 4 is 11.9 Å². The Morgan fingerprint density at radius 1 is 1.31 bits per heavy atom. The maximum atomic E-state index is 11.0. The average molecular weight is 216 g/mol. The Kier molecular flexibility index (Phi) is 2.62. The van der Waals surface area contributed by atoms with E-state index in [1.807, 2.05) is 0 Å². The molecule has 0 bridgehead atoms. The number of para-hydroxylation sites is 1. The van der Waals surface area contributed by atoms with E-state index in [0.717, 1.165) is 0 Å². The summed E-state index contributed by atoms with van der Waals surface area (Å²) in [5.74, 6) is 0.0596. The fourth-order valence-electron chi connectivity index (χ4n) is 1.80. The highest BCUT2D eigenvalue weighted by atomic mass is 16.3. The van der Waals surface area contributed by atoms with Crippen LogP contribution in [0.3, 0.4) is 0 Å². The summed E-state index contributed by atoms with van der Waals surface area (Å²) in [4.78, 5) is 11.0. The molecule has 1 unspecified atom stereocenters. The number of benzene rings is 1. The molecule has 1 aromatic rings. The van der Waals surface area contributed by atoms with Gasteiger partial charge in [0, 0.05) is 17.6 Å². The number of hydrogen-bond donors (Lipinski definition) is 2. The number of allylic oxidation sites excluding steroid dienone is 2. The number of aliphatic hydroxyl groups is 1. The smallest absolute Gasteiger partial charge is 0.156 e. The molecular formula is C13H12O3. The molecule has 0 aromatic heterocycles. The second-order valence-corrected chi connectivity index (χ2v) is 3.77. The number of hydrogen-bond acceptors (Lipinski definition) is 3. The van der Waals surface area contributed by atoms with Crippen LogP contribution in [-0.4, -0.2) is 22.1 Å². The summed E-state index contributed by atoms with van der Waals surface area (Å²) in [5, 5.41) is 19.8. The molecule has 1 atom stereocenters. The lowest BCUT2D eigenvalue weighted by molar-refractivity contribution is -0.119. The van der Waals surface area contributed by atoms with Crippen LogP contribution in [0.1, 0.15) is 12.0 Å². The van der Waals surface area contributed by atoms with Gasteiger partial charge in [0.2, 0.25) is 0 Å². The summed E-state index contributed by atoms with van der Waals surface area (Å²) in [6, 6.07) is 6.64. The lowest BCUT2D eigenvalue weighted by Gasteiger charge is -2.26. The van der Waals surface area contributed by atoms with Crippen LogP contribution in [0.15, 0.2) is 42.5 Å². The Bertz CT molecular complexity index is 474. The Balaban J connectivity index is 2.54. The van der Waals surface area contributed by atoms with Gasteiger partial charge >= 0.3 is 0 Å². The monoisotopic (exact) mass is 216 g/mol. The van der Waals surface area contributed by atoms with E-state index < -0.39 is 5.60 Å². The average Bonchev–Trinajstić information content (AvgIpc) is 2.31. The minimum absolute atomic E-state index is 0.0596. The number of aromatic hydroxyl groups is 1. The number of carbonyl (C=O) groups is 1. The molecule has 0 radical (unpaired) electrons. The second-order valence-electron chi connectivity index (χ2n) is 3.77. The van der Waals surface area contributed by atoms with Crippen molar-refractivity contribution in [3.63, 3.8) is 0 Å². The first-order valence-electron chi connectivity index (χ1n) is 5.02. The number of rotatable bonds is 2. The van der Waals surface area contributed by atoms with Crippen LogP contribution in [0.4, 0.5) is 0 Å². The van der Waals surface area contributed by atoms with Crippen LogP contribution in [0, 0.1) is 0 Å². The zero-order valence-corrected chi connectivity index (χ0v) is 8.63. The molecule has 1 aliphatic carbocycles. The molecule has 0 saturated heterocycles. The third-order valence-corrected chi connectivity index (χ3v) is 2.68. The van der Waals surface area contributed by atoms with Crippen LogP contribution in [0.2, 0.25) is 0 Å². The van der Waals surface area contributed by atoms with Gasteiger partial charge in [-0.25, -0.2) is 0 Å². The normalized spacial score (nSPS) is 23.9. The van der Waals surface area contributed by atoms with Gasteiger partial charge in [-0.2, -0.15) is 0 Å². The largest absolute Gasteiger partial charge is 0.507 e. The molecule has 0 heterocycles. The van der Waals surface area contributed by atoms with E-state index in [4.69, 9.17) is 0 Å². The second kappa shape index (κ2) is 3.94. The molecule has 0 spiro atoms. The van der Waals surface area contributed by atoms with E-state index in [1.54, 1.807) is 36.4 Å². The van der Waals surface area contributed by atoms with E-state index in [1.165, 1.54) is 6.07 Å². The third-order valence-electron chi connectivity index (χ3n) is 2.68. The van der Waals surface area contributed by atoms with E-state index in [9.17, 15) is 15.0 Å². The van der Waals surface area contributed by atoms with Crippen molar-refractivity contribution in [3.8, 4) is 5.75 Å². The molecule has 0 aliphatic heterocycles. The van der Waals surface area contributed by atoms with Gasteiger partial charge in [-0.1, -0.05) is 36.4 Å². The Hall–Kier alpha value is -1.87. The summed E-state index contributed by atoms with van der Waals surface area (Å²) < 4.78 is 0. The van der Waals surface area contributed by atoms with Gasteiger partial charge in [-0.05, 0) is 6.07 Å². The van der Waals surface area contributed by atoms with Crippen molar-refractivity contribution in [1.82, 2.24) is 0 Å². The molecule has 2 N–H and O–H groups in total. The van der Waals surface area contributed by atoms with Gasteiger partial charge in [0.1, 0.15) is 11.4 Å². The van der Waals surface area contributed by atoms with Crippen molar-refractivity contribution in [3.05, 3.63) is 48.1 Å². The van der Waals surface area contributed by atoms with E-state index >= 15 is 0 Å². The predicted molar refractivity (Wildman–Crippen MR) is 60.9 cm³/mol. The number of phenolic OH excluding ortho intramolecular Hbond substituents is 1. The van der Waals surface area contributed by atoms with Gasteiger partial charge in [0.15, 0.2) is 6.29 Å². The first-order valence-corrected chi connectivity index (χ1v) is 5.02. The molecule has 1 aromatic carbocycles. The van der Waals surface area contributed by atoms with Crippen LogP contribution in [0.5, 0.6) is 5.75 Å². The zero-order chi connectivity index (χ0) is 11.6. The number of carbonyl (C=O) groups excluding carboxylic acids is 1. The highest BCUT2D eigenvalue weighted by Crippen LogP contribution is 2.36. The minimum atomic E-state index is -1.53. The highest BCUT2D eigenvalue weighted by molar-refractivity contribution is 5.91. The Labute approximate surface area is 93.4 Å². The Morgan fingerprint density at radius 3 is 2.75 bits per heavy atom. The van der Waals surface area contributed by atoms with Crippen LogP contribution in [0.25, 0.3) is 5.57 Å². The molecule has 1 aliphatic rings. The molecule has 3 heteroatoms. The van der Waals surface area contributed by atoms with E-state index in [-0.39, 0.29) is 12.2 Å². The molecule has 2 rings (SSSR count). The standard InChI is InChI=1S/C13H12O3/c14-9-13(16)8-4-3-6-11(13)10-5-1-2-7-12(10)15/h1-7,9,15-16H,8H2. The predicted octanol–water partition coefficient (Wildman–Crippen LogP) is 1.67. The van der Waals surface area contributed by atoms with Gasteiger partial charge in [0.25, 0.3) is 0 Å². The molecule has 16 heavy (non-hydrogen) atoms. The third kappa shape index (κ3) is 1.66. The summed E-state index contributed by atoms with van der Waals surface area (Å²) in [7, 11) is 0. The molecule has 0 saturated carbocycles. The highest BCUT2D eigenvalue weighted by Gasteiger charge is 2.33. The van der Waals surface area contributed by atoms with Gasteiger partial charge < -0.3 is 10.2 Å². The first-order chi connectivity index (χ1) is 7.67. The molecule has 82 valence electrons. The van der Waals surface area contributed by atoms with Crippen LogP contribution < -0.4 is 0 Å². The first kappa shape index (κ1) is 10.6. The van der Waals surface area contributed by atoms with Crippen LogP contribution >= 0.6 is 0 Å². The van der Waals surface area contributed by atoms with Crippen molar-refractivity contribution in [2.45, 2.75) is 12.0 Å². The maximum absolute atomic E-state index is 11.0. The zero-order valence-electron chi connectivity index (χ0n) is 8.63. The van der Waals surface area contributed by atoms with Gasteiger partial charge in [-0.3, -0.25) is 4.79 Å². The number of phenols is 1. The molecule has 0 fully saturated rings. The molecule has 3 nitrogen and oxygen atoms in total. The topological polar surface area (TPSA) is 57.5 Å². The summed E-state index contributed by atoms with van der Waals surface area (Å²) in [5.41, 5.74) is -0.613. The van der Waals surface area contributed by atoms with Crippen LogP contribution in [-0.2, 0) is 4.79 Å². The molecule has 0 amide bonds. The van der Waals surface area contributed by atoms with Crippen molar-refractivity contribution < 1.29 is 15.0 Å². The minimum Gasteiger partial charge on any atom is -0.507 e. The number of aldehydes is 1. The fourth-order valence-corrected chi connectivity index (χ4v) is 1.80. The summed E-state index contributed by atoms with van der Waals surface area (Å²) >= 11 is 0. The van der Waals surface area contributed by atoms with Crippen molar-refractivity contribution in [2.75, 3.05) is 0 Å². The maximum Gasteiger partial charge on any atom is 0.156 e. The van der Waals surface area contributed by atoms with Gasteiger partial charge in [-0.15, -0.1) is 0 Å². The van der Waals surface area contributed by atoms with Crippen molar-refractivity contribution in [1.29, 1.82) is 0 Å². The lowest BCUT2D eigenvalue weighted by atomic mass is 9.83. The quantitative estimate of drug-likeness (QED) is 0.739. The SMILES string of the molecule is O=CC1(O)CC=CC=C1c1ccccc1O. The Morgan fingerprint density at radius 2 is 2.06 bits per heavy atom. The summed E-state index contributed by atoms with van der Waals surface area (Å²) in [6.45, 7) is 0. The van der Waals surface area contributed by atoms with E-state index in [2.05, 4.69) is 0 Å². The van der Waals surface area contributed by atoms with E-state index in [0.29, 0.717) is 17.4 Å². The van der Waals surface area contributed by atoms with Gasteiger partial charge in [0.05, 0.1) is 0 Å². The summed E-state index contributed by atoms with van der Waals surface area (Å²) in [6.07, 6.45) is 5.87. The molecular weight excluding hydrogens is 204 g/mol. The fraction of sp³-hybridized carbons (Fsp3) is 0.154.